The molecule has 2 rings (SSSR count). The Morgan fingerprint density at radius 1 is 1.09 bits per heavy atom. The second-order valence-electron chi connectivity index (χ2n) is 4.76. The normalized spacial score (nSPS) is 10.2. The molecule has 0 fully saturated rings. The summed E-state index contributed by atoms with van der Waals surface area (Å²) in [4.78, 5) is 11.9. The lowest BCUT2D eigenvalue weighted by atomic mass is 10.1. The summed E-state index contributed by atoms with van der Waals surface area (Å²) in [5.74, 6) is 1.04. The Balaban J connectivity index is 1.76. The average Bonchev–Trinajstić information content (AvgIpc) is 2.56. The molecule has 0 unspecified atom stereocenters. The van der Waals surface area contributed by atoms with Gasteiger partial charge in [0.05, 0.1) is 6.61 Å². The first-order valence-electron chi connectivity index (χ1n) is 7.18. The quantitative estimate of drug-likeness (QED) is 0.730. The number of benzene rings is 1. The molecular formula is C16H20N4O2. The van der Waals surface area contributed by atoms with E-state index in [1.807, 2.05) is 30.3 Å². The van der Waals surface area contributed by atoms with Crippen molar-refractivity contribution in [1.29, 1.82) is 0 Å². The van der Waals surface area contributed by atoms with Crippen molar-refractivity contribution in [3.8, 4) is 0 Å². The van der Waals surface area contributed by atoms with Crippen molar-refractivity contribution in [2.75, 3.05) is 30.9 Å². The molecule has 0 atom stereocenters. The highest BCUT2D eigenvalue weighted by Crippen LogP contribution is 2.07. The molecule has 116 valence electrons. The summed E-state index contributed by atoms with van der Waals surface area (Å²) >= 11 is 0. The van der Waals surface area contributed by atoms with Crippen LogP contribution < -0.4 is 10.6 Å². The Morgan fingerprint density at radius 3 is 2.50 bits per heavy atom. The van der Waals surface area contributed by atoms with Gasteiger partial charge in [0, 0.05) is 20.1 Å². The Kier molecular flexibility index (Phi) is 6.32. The van der Waals surface area contributed by atoms with Gasteiger partial charge in [-0.3, -0.25) is 4.79 Å². The van der Waals surface area contributed by atoms with Crippen LogP contribution in [-0.4, -0.2) is 36.4 Å². The van der Waals surface area contributed by atoms with Gasteiger partial charge in [-0.2, -0.15) is 0 Å². The van der Waals surface area contributed by atoms with Crippen molar-refractivity contribution in [2.45, 2.75) is 12.8 Å². The zero-order valence-corrected chi connectivity index (χ0v) is 12.6. The molecular weight excluding hydrogens is 280 g/mol. The van der Waals surface area contributed by atoms with E-state index in [-0.39, 0.29) is 5.91 Å². The monoisotopic (exact) mass is 300 g/mol. The fraction of sp³-hybridized carbons (Fsp3) is 0.312. The molecule has 0 bridgehead atoms. The predicted octanol–water partition coefficient (Wildman–Crippen LogP) is 2.11. The largest absolute Gasteiger partial charge is 0.383 e. The first kappa shape index (κ1) is 15.9. The van der Waals surface area contributed by atoms with Gasteiger partial charge in [-0.05, 0) is 24.1 Å². The Bertz CT molecular complexity index is 572. The number of hydrogen-bond acceptors (Lipinski definition) is 5. The zero-order valence-electron chi connectivity index (χ0n) is 12.6. The Hall–Kier alpha value is -2.47. The summed E-state index contributed by atoms with van der Waals surface area (Å²) in [6.07, 6.45) is 1.12. The second kappa shape index (κ2) is 8.74. The molecule has 0 spiro atoms. The van der Waals surface area contributed by atoms with Gasteiger partial charge in [-0.25, -0.2) is 0 Å². The number of ether oxygens (including phenoxy) is 1. The lowest BCUT2D eigenvalue weighted by Gasteiger charge is -2.06. The number of nitrogens with zero attached hydrogens (tertiary/aromatic N) is 2. The molecule has 1 heterocycles. The minimum absolute atomic E-state index is 0.0711. The maximum Gasteiger partial charge on any atom is 0.225 e. The van der Waals surface area contributed by atoms with Crippen molar-refractivity contribution in [2.24, 2.45) is 0 Å². The lowest BCUT2D eigenvalue weighted by molar-refractivity contribution is -0.116. The molecule has 6 nitrogen and oxygen atoms in total. The van der Waals surface area contributed by atoms with Gasteiger partial charge in [0.15, 0.2) is 5.82 Å². The van der Waals surface area contributed by atoms with Crippen LogP contribution in [0.5, 0.6) is 0 Å². The third-order valence-electron chi connectivity index (χ3n) is 3.03. The molecule has 1 aromatic heterocycles. The standard InChI is InChI=1S/C16H20N4O2/c1-22-12-11-17-14-8-9-15(20-19-14)18-16(21)10-7-13-5-3-2-4-6-13/h2-6,8-9H,7,10-12H2,1H3,(H,17,19)(H,18,20,21). The third-order valence-corrected chi connectivity index (χ3v) is 3.03. The molecule has 0 saturated carbocycles. The molecule has 1 amide bonds. The van der Waals surface area contributed by atoms with E-state index in [1.165, 1.54) is 0 Å². The number of amides is 1. The molecule has 6 heteroatoms. The highest BCUT2D eigenvalue weighted by molar-refractivity contribution is 5.89. The minimum atomic E-state index is -0.0711. The second-order valence-corrected chi connectivity index (χ2v) is 4.76. The third kappa shape index (κ3) is 5.49. The van der Waals surface area contributed by atoms with Crippen molar-refractivity contribution in [3.63, 3.8) is 0 Å². The summed E-state index contributed by atoms with van der Waals surface area (Å²) in [7, 11) is 1.64. The van der Waals surface area contributed by atoms with Crippen molar-refractivity contribution in [3.05, 3.63) is 48.0 Å². The number of carbonyl (C=O) groups excluding carboxylic acids is 1. The molecule has 0 aliphatic rings. The van der Waals surface area contributed by atoms with Crippen molar-refractivity contribution < 1.29 is 9.53 Å². The number of aromatic nitrogens is 2. The van der Waals surface area contributed by atoms with E-state index in [2.05, 4.69) is 20.8 Å². The van der Waals surface area contributed by atoms with Crippen LogP contribution in [0.25, 0.3) is 0 Å². The van der Waals surface area contributed by atoms with E-state index in [0.717, 1.165) is 5.56 Å². The van der Waals surface area contributed by atoms with Crippen LogP contribution in [-0.2, 0) is 16.0 Å². The molecule has 1 aromatic carbocycles. The molecule has 0 saturated heterocycles. The lowest BCUT2D eigenvalue weighted by Crippen LogP contribution is -2.14. The average molecular weight is 300 g/mol. The van der Waals surface area contributed by atoms with E-state index in [0.29, 0.717) is 37.6 Å². The number of nitrogens with one attached hydrogen (secondary N) is 2. The molecule has 0 aliphatic carbocycles. The van der Waals surface area contributed by atoms with E-state index < -0.39 is 0 Å². The fourth-order valence-electron chi connectivity index (χ4n) is 1.88. The van der Waals surface area contributed by atoms with E-state index in [9.17, 15) is 4.79 Å². The molecule has 2 aromatic rings. The fourth-order valence-corrected chi connectivity index (χ4v) is 1.88. The molecule has 0 radical (unpaired) electrons. The van der Waals surface area contributed by atoms with Crippen LogP contribution >= 0.6 is 0 Å². The summed E-state index contributed by atoms with van der Waals surface area (Å²) in [6, 6.07) is 13.4. The van der Waals surface area contributed by atoms with Crippen LogP contribution in [0.3, 0.4) is 0 Å². The van der Waals surface area contributed by atoms with Gasteiger partial charge in [0.25, 0.3) is 0 Å². The number of methoxy groups -OCH3 is 1. The van der Waals surface area contributed by atoms with Gasteiger partial charge in [0.1, 0.15) is 5.82 Å². The molecule has 2 N–H and O–H groups in total. The molecule has 22 heavy (non-hydrogen) atoms. The van der Waals surface area contributed by atoms with E-state index in [4.69, 9.17) is 4.74 Å². The van der Waals surface area contributed by atoms with Crippen molar-refractivity contribution in [1.82, 2.24) is 10.2 Å². The number of rotatable bonds is 8. The Labute approximate surface area is 129 Å². The Morgan fingerprint density at radius 2 is 1.82 bits per heavy atom. The number of hydrogen-bond donors (Lipinski definition) is 2. The van der Waals surface area contributed by atoms with Crippen LogP contribution in [0.1, 0.15) is 12.0 Å². The van der Waals surface area contributed by atoms with Gasteiger partial charge < -0.3 is 15.4 Å². The van der Waals surface area contributed by atoms with Crippen LogP contribution in [0.2, 0.25) is 0 Å². The smallest absolute Gasteiger partial charge is 0.225 e. The van der Waals surface area contributed by atoms with E-state index in [1.54, 1.807) is 19.2 Å². The first-order valence-corrected chi connectivity index (χ1v) is 7.18. The first-order chi connectivity index (χ1) is 10.8. The van der Waals surface area contributed by atoms with Crippen LogP contribution in [0, 0.1) is 0 Å². The summed E-state index contributed by atoms with van der Waals surface area (Å²) in [5, 5.41) is 13.8. The number of aryl methyl sites for hydroxylation is 1. The summed E-state index contributed by atoms with van der Waals surface area (Å²) in [6.45, 7) is 1.26. The predicted molar refractivity (Wildman–Crippen MR) is 85.8 cm³/mol. The number of carbonyl (C=O) groups is 1. The maximum atomic E-state index is 11.9. The van der Waals surface area contributed by atoms with Crippen LogP contribution in [0.15, 0.2) is 42.5 Å². The minimum Gasteiger partial charge on any atom is -0.383 e. The van der Waals surface area contributed by atoms with Gasteiger partial charge in [-0.15, -0.1) is 10.2 Å². The summed E-state index contributed by atoms with van der Waals surface area (Å²) < 4.78 is 4.94. The highest BCUT2D eigenvalue weighted by Gasteiger charge is 2.04. The van der Waals surface area contributed by atoms with Crippen molar-refractivity contribution >= 4 is 17.5 Å². The molecule has 0 aliphatic heterocycles. The van der Waals surface area contributed by atoms with Gasteiger partial charge in [0.2, 0.25) is 5.91 Å². The van der Waals surface area contributed by atoms with Gasteiger partial charge in [-0.1, -0.05) is 30.3 Å². The topological polar surface area (TPSA) is 76.1 Å². The van der Waals surface area contributed by atoms with E-state index >= 15 is 0 Å². The summed E-state index contributed by atoms with van der Waals surface area (Å²) in [5.41, 5.74) is 1.14. The maximum absolute atomic E-state index is 11.9. The highest BCUT2D eigenvalue weighted by atomic mass is 16.5. The SMILES string of the molecule is COCCNc1ccc(NC(=O)CCc2ccccc2)nn1. The number of anilines is 2. The van der Waals surface area contributed by atoms with Crippen LogP contribution in [0.4, 0.5) is 11.6 Å². The zero-order chi connectivity index (χ0) is 15.6. The van der Waals surface area contributed by atoms with Gasteiger partial charge >= 0.3 is 0 Å².